The second kappa shape index (κ2) is 4.96. The zero-order chi connectivity index (χ0) is 12.4. The minimum atomic E-state index is -0.360. The molecule has 0 radical (unpaired) electrons. The lowest BCUT2D eigenvalue weighted by atomic mass is 10.2. The highest BCUT2D eigenvalue weighted by Gasteiger charge is 2.13. The Bertz CT molecular complexity index is 570. The molecule has 2 rings (SSSR count). The van der Waals surface area contributed by atoms with Crippen molar-refractivity contribution in [3.8, 4) is 0 Å². The smallest absolute Gasteiger partial charge is 0.270 e. The van der Waals surface area contributed by atoms with Gasteiger partial charge in [-0.3, -0.25) is 10.1 Å². The second-order valence-electron chi connectivity index (χ2n) is 3.18. The van der Waals surface area contributed by atoms with E-state index in [0.29, 0.717) is 10.6 Å². The summed E-state index contributed by atoms with van der Waals surface area (Å²) in [4.78, 5) is 13.1. The molecule has 0 saturated heterocycles. The third-order valence-corrected chi connectivity index (χ3v) is 2.91. The Morgan fingerprint density at radius 1 is 1.53 bits per heavy atom. The number of aryl methyl sites for hydroxylation is 1. The van der Waals surface area contributed by atoms with Gasteiger partial charge in [-0.25, -0.2) is 0 Å². The molecule has 88 valence electrons. The number of hydrogen-bond donors (Lipinski definition) is 1. The van der Waals surface area contributed by atoms with E-state index in [1.165, 1.54) is 4.80 Å². The summed E-state index contributed by atoms with van der Waals surface area (Å²) >= 11 is 8.04. The number of halogens is 2. The van der Waals surface area contributed by atoms with E-state index in [0.717, 1.165) is 3.57 Å². The third kappa shape index (κ3) is 2.91. The van der Waals surface area contributed by atoms with E-state index >= 15 is 0 Å². The first kappa shape index (κ1) is 12.2. The van der Waals surface area contributed by atoms with Crippen LogP contribution in [-0.4, -0.2) is 26.1 Å². The summed E-state index contributed by atoms with van der Waals surface area (Å²) in [6.07, 6.45) is 0. The van der Waals surface area contributed by atoms with Gasteiger partial charge in [0.05, 0.1) is 17.6 Å². The molecule has 0 aliphatic rings. The zero-order valence-electron chi connectivity index (χ0n) is 8.69. The van der Waals surface area contributed by atoms with Crippen molar-refractivity contribution in [1.82, 2.24) is 20.2 Å². The summed E-state index contributed by atoms with van der Waals surface area (Å²) < 4.78 is 0.921. The van der Waals surface area contributed by atoms with E-state index in [1.807, 2.05) is 6.07 Å². The molecule has 0 atom stereocenters. The van der Waals surface area contributed by atoms with Crippen LogP contribution in [0.5, 0.6) is 0 Å². The number of rotatable bonds is 2. The first-order valence-electron chi connectivity index (χ1n) is 4.56. The van der Waals surface area contributed by atoms with Crippen molar-refractivity contribution in [3.05, 3.63) is 32.4 Å². The number of hydrogen-bond acceptors (Lipinski definition) is 4. The van der Waals surface area contributed by atoms with E-state index < -0.39 is 0 Å². The van der Waals surface area contributed by atoms with Gasteiger partial charge in [0.2, 0.25) is 0 Å². The summed E-state index contributed by atoms with van der Waals surface area (Å²) in [5.74, 6) is -0.214. The van der Waals surface area contributed by atoms with Crippen LogP contribution in [0, 0.1) is 3.57 Å². The Labute approximate surface area is 115 Å². The van der Waals surface area contributed by atoms with Crippen molar-refractivity contribution in [2.75, 3.05) is 5.32 Å². The number of carbonyl (C=O) groups is 1. The number of carbonyl (C=O) groups excluding carboxylic acids is 1. The number of nitrogens with one attached hydrogen (secondary N) is 1. The van der Waals surface area contributed by atoms with Crippen LogP contribution in [-0.2, 0) is 7.05 Å². The number of aromatic nitrogens is 4. The van der Waals surface area contributed by atoms with Gasteiger partial charge in [-0.1, -0.05) is 16.7 Å². The van der Waals surface area contributed by atoms with Crippen LogP contribution in [0.3, 0.4) is 0 Å². The number of anilines is 1. The van der Waals surface area contributed by atoms with Crippen molar-refractivity contribution < 1.29 is 4.79 Å². The lowest BCUT2D eigenvalue weighted by molar-refractivity contribution is 0.102. The Kier molecular flexibility index (Phi) is 3.57. The van der Waals surface area contributed by atoms with Crippen LogP contribution in [0.25, 0.3) is 0 Å². The molecule has 0 bridgehead atoms. The largest absolute Gasteiger partial charge is 0.288 e. The average molecular weight is 364 g/mol. The van der Waals surface area contributed by atoms with Crippen LogP contribution in [0.4, 0.5) is 5.95 Å². The maximum Gasteiger partial charge on any atom is 0.270 e. The molecule has 0 aliphatic heterocycles. The SMILES string of the molecule is Cn1nnc(NC(=O)c2cc(I)ccc2Cl)n1. The Morgan fingerprint density at radius 2 is 2.29 bits per heavy atom. The lowest BCUT2D eigenvalue weighted by Gasteiger charge is -2.03. The molecule has 8 heteroatoms. The van der Waals surface area contributed by atoms with Gasteiger partial charge in [0.1, 0.15) is 0 Å². The van der Waals surface area contributed by atoms with Gasteiger partial charge in [-0.05, 0) is 46.0 Å². The van der Waals surface area contributed by atoms with E-state index in [2.05, 4.69) is 43.3 Å². The molecule has 1 amide bonds. The molecule has 0 unspecified atom stereocenters. The molecular weight excluding hydrogens is 356 g/mol. The van der Waals surface area contributed by atoms with Gasteiger partial charge in [0, 0.05) is 3.57 Å². The van der Waals surface area contributed by atoms with E-state index in [1.54, 1.807) is 19.2 Å². The van der Waals surface area contributed by atoms with Gasteiger partial charge < -0.3 is 0 Å². The lowest BCUT2D eigenvalue weighted by Crippen LogP contribution is -2.14. The standard InChI is InChI=1S/C9H7ClIN5O/c1-16-14-9(13-15-16)12-8(17)6-4-5(11)2-3-7(6)10/h2-4H,1H3,(H,12,14,17). The predicted octanol–water partition coefficient (Wildman–Crippen LogP) is 1.72. The molecule has 0 spiro atoms. The van der Waals surface area contributed by atoms with Gasteiger partial charge in [-0.15, -0.1) is 5.10 Å². The fourth-order valence-corrected chi connectivity index (χ4v) is 1.87. The van der Waals surface area contributed by atoms with Crippen molar-refractivity contribution >= 4 is 46.0 Å². The van der Waals surface area contributed by atoms with Gasteiger partial charge in [0.25, 0.3) is 11.9 Å². The molecule has 0 saturated carbocycles. The summed E-state index contributed by atoms with van der Waals surface area (Å²) in [5.41, 5.74) is 0.381. The van der Waals surface area contributed by atoms with Crippen LogP contribution in [0.2, 0.25) is 5.02 Å². The average Bonchev–Trinajstić information content (AvgIpc) is 2.67. The summed E-state index contributed by atoms with van der Waals surface area (Å²) in [7, 11) is 1.61. The maximum absolute atomic E-state index is 11.9. The number of benzene rings is 1. The molecule has 2 aromatic rings. The van der Waals surface area contributed by atoms with Gasteiger partial charge in [0.15, 0.2) is 0 Å². The van der Waals surface area contributed by atoms with E-state index in [-0.39, 0.29) is 11.9 Å². The van der Waals surface area contributed by atoms with Crippen LogP contribution < -0.4 is 5.32 Å². The molecule has 6 nitrogen and oxygen atoms in total. The monoisotopic (exact) mass is 363 g/mol. The van der Waals surface area contributed by atoms with Crippen LogP contribution >= 0.6 is 34.2 Å². The summed E-state index contributed by atoms with van der Waals surface area (Å²) in [5, 5.41) is 14.0. The highest BCUT2D eigenvalue weighted by atomic mass is 127. The summed E-state index contributed by atoms with van der Waals surface area (Å²) in [6, 6.07) is 5.18. The second-order valence-corrected chi connectivity index (χ2v) is 4.83. The quantitative estimate of drug-likeness (QED) is 0.825. The summed E-state index contributed by atoms with van der Waals surface area (Å²) in [6.45, 7) is 0. The number of amides is 1. The molecule has 1 heterocycles. The molecular formula is C9H7ClIN5O. The maximum atomic E-state index is 11.9. The molecule has 1 aromatic heterocycles. The van der Waals surface area contributed by atoms with Crippen molar-refractivity contribution in [2.45, 2.75) is 0 Å². The number of nitrogens with zero attached hydrogens (tertiary/aromatic N) is 4. The van der Waals surface area contributed by atoms with Crippen LogP contribution in [0.1, 0.15) is 10.4 Å². The molecule has 0 aliphatic carbocycles. The first-order chi connectivity index (χ1) is 8.06. The molecule has 17 heavy (non-hydrogen) atoms. The number of tetrazole rings is 1. The van der Waals surface area contributed by atoms with Gasteiger partial charge in [-0.2, -0.15) is 4.80 Å². The highest BCUT2D eigenvalue weighted by molar-refractivity contribution is 14.1. The Hall–Kier alpha value is -1.22. The Balaban J connectivity index is 2.22. The van der Waals surface area contributed by atoms with Crippen molar-refractivity contribution in [2.24, 2.45) is 7.05 Å². The van der Waals surface area contributed by atoms with Gasteiger partial charge >= 0.3 is 0 Å². The third-order valence-electron chi connectivity index (χ3n) is 1.91. The molecule has 1 N–H and O–H groups in total. The highest BCUT2D eigenvalue weighted by Crippen LogP contribution is 2.19. The molecule has 1 aromatic carbocycles. The first-order valence-corrected chi connectivity index (χ1v) is 6.02. The molecule has 0 fully saturated rings. The minimum Gasteiger partial charge on any atom is -0.288 e. The topological polar surface area (TPSA) is 72.7 Å². The van der Waals surface area contributed by atoms with E-state index in [9.17, 15) is 4.79 Å². The normalized spacial score (nSPS) is 10.3. The van der Waals surface area contributed by atoms with E-state index in [4.69, 9.17) is 11.6 Å². The van der Waals surface area contributed by atoms with Crippen molar-refractivity contribution in [3.63, 3.8) is 0 Å². The van der Waals surface area contributed by atoms with Crippen molar-refractivity contribution in [1.29, 1.82) is 0 Å². The Morgan fingerprint density at radius 3 is 2.94 bits per heavy atom. The van der Waals surface area contributed by atoms with Crippen LogP contribution in [0.15, 0.2) is 18.2 Å². The fourth-order valence-electron chi connectivity index (χ4n) is 1.17. The predicted molar refractivity (Wildman–Crippen MR) is 70.9 cm³/mol. The minimum absolute atomic E-state index is 0.146. The zero-order valence-corrected chi connectivity index (χ0v) is 11.6. The fraction of sp³-hybridized carbons (Fsp3) is 0.111.